The predicted octanol–water partition coefficient (Wildman–Crippen LogP) is 3.58. The summed E-state index contributed by atoms with van der Waals surface area (Å²) in [5.74, 6) is 0.0659. The molecule has 0 bridgehead atoms. The molecule has 5 heteroatoms. The van der Waals surface area contributed by atoms with Gasteiger partial charge in [0.05, 0.1) is 25.4 Å². The molecular formula is C25H22N2O3. The number of hydrogen-bond donors (Lipinski definition) is 1. The van der Waals surface area contributed by atoms with Crippen molar-refractivity contribution in [2.45, 2.75) is 12.1 Å². The molecule has 0 aliphatic rings. The molecule has 0 aliphatic heterocycles. The standard InChI is InChI=1S/C25H22N2O3/c1-30-23-22(17-26-27(24(23)28)18-19-11-5-2-6-12-19)25(29,20-13-7-3-8-14-20)21-15-9-4-10-16-21/h2-17,29H,18H2,1H3. The van der Waals surface area contributed by atoms with Gasteiger partial charge in [0.15, 0.2) is 5.75 Å². The van der Waals surface area contributed by atoms with E-state index < -0.39 is 11.2 Å². The minimum Gasteiger partial charge on any atom is -0.491 e. The van der Waals surface area contributed by atoms with Crippen molar-refractivity contribution >= 4 is 0 Å². The second kappa shape index (κ2) is 8.35. The average molecular weight is 398 g/mol. The molecule has 0 unspecified atom stereocenters. The van der Waals surface area contributed by atoms with Crippen LogP contribution in [0.1, 0.15) is 22.3 Å². The quantitative estimate of drug-likeness (QED) is 0.539. The molecule has 1 heterocycles. The number of ether oxygens (including phenoxy) is 1. The first-order valence-corrected chi connectivity index (χ1v) is 9.66. The smallest absolute Gasteiger partial charge is 0.309 e. The van der Waals surface area contributed by atoms with Crippen LogP contribution < -0.4 is 10.3 Å². The van der Waals surface area contributed by atoms with Crippen molar-refractivity contribution in [3.8, 4) is 5.75 Å². The lowest BCUT2D eigenvalue weighted by Crippen LogP contribution is -2.34. The second-order valence-corrected chi connectivity index (χ2v) is 6.98. The summed E-state index contributed by atoms with van der Waals surface area (Å²) in [7, 11) is 1.43. The number of methoxy groups -OCH3 is 1. The highest BCUT2D eigenvalue weighted by molar-refractivity contribution is 5.50. The Kier molecular flexibility index (Phi) is 5.46. The summed E-state index contributed by atoms with van der Waals surface area (Å²) in [6.45, 7) is 0.311. The fourth-order valence-corrected chi connectivity index (χ4v) is 3.63. The predicted molar refractivity (Wildman–Crippen MR) is 116 cm³/mol. The maximum absolute atomic E-state index is 13.2. The van der Waals surface area contributed by atoms with Gasteiger partial charge in [0.2, 0.25) is 0 Å². The van der Waals surface area contributed by atoms with Crippen molar-refractivity contribution in [1.82, 2.24) is 9.78 Å². The molecule has 0 saturated heterocycles. The van der Waals surface area contributed by atoms with Crippen LogP contribution in [0.5, 0.6) is 5.75 Å². The summed E-state index contributed by atoms with van der Waals surface area (Å²) in [6.07, 6.45) is 1.52. The first kappa shape index (κ1) is 19.6. The third kappa shape index (κ3) is 3.51. The van der Waals surface area contributed by atoms with E-state index in [0.717, 1.165) is 5.56 Å². The van der Waals surface area contributed by atoms with Crippen LogP contribution >= 0.6 is 0 Å². The van der Waals surface area contributed by atoms with E-state index in [4.69, 9.17) is 4.74 Å². The molecule has 0 aliphatic carbocycles. The lowest BCUT2D eigenvalue weighted by atomic mass is 9.81. The van der Waals surface area contributed by atoms with E-state index in [1.165, 1.54) is 18.0 Å². The number of aliphatic hydroxyl groups is 1. The number of rotatable bonds is 6. The Balaban J connectivity index is 1.90. The Labute approximate surface area is 174 Å². The molecule has 150 valence electrons. The second-order valence-electron chi connectivity index (χ2n) is 6.98. The number of aromatic nitrogens is 2. The van der Waals surface area contributed by atoms with Gasteiger partial charge < -0.3 is 9.84 Å². The Bertz CT molecular complexity index is 1130. The first-order valence-electron chi connectivity index (χ1n) is 9.66. The average Bonchev–Trinajstić information content (AvgIpc) is 2.81. The largest absolute Gasteiger partial charge is 0.491 e. The number of nitrogens with zero attached hydrogens (tertiary/aromatic N) is 2. The number of hydrogen-bond acceptors (Lipinski definition) is 4. The summed E-state index contributed by atoms with van der Waals surface area (Å²) in [6, 6.07) is 28.0. The van der Waals surface area contributed by atoms with Crippen molar-refractivity contribution in [1.29, 1.82) is 0 Å². The Morgan fingerprint density at radius 3 is 1.87 bits per heavy atom. The first-order chi connectivity index (χ1) is 14.6. The molecule has 1 N–H and O–H groups in total. The fourth-order valence-electron chi connectivity index (χ4n) is 3.63. The third-order valence-electron chi connectivity index (χ3n) is 5.15. The van der Waals surface area contributed by atoms with E-state index in [9.17, 15) is 9.90 Å². The van der Waals surface area contributed by atoms with E-state index in [2.05, 4.69) is 5.10 Å². The summed E-state index contributed by atoms with van der Waals surface area (Å²) in [4.78, 5) is 13.2. The van der Waals surface area contributed by atoms with Gasteiger partial charge in [-0.2, -0.15) is 5.10 Å². The molecule has 0 saturated carbocycles. The highest BCUT2D eigenvalue weighted by atomic mass is 16.5. The minimum atomic E-state index is -1.59. The van der Waals surface area contributed by atoms with Crippen LogP contribution in [-0.4, -0.2) is 22.0 Å². The molecule has 4 aromatic rings. The molecule has 0 atom stereocenters. The third-order valence-corrected chi connectivity index (χ3v) is 5.15. The minimum absolute atomic E-state index is 0.0659. The zero-order valence-electron chi connectivity index (χ0n) is 16.6. The maximum atomic E-state index is 13.2. The maximum Gasteiger partial charge on any atom is 0.309 e. The van der Waals surface area contributed by atoms with Gasteiger partial charge in [0.1, 0.15) is 5.60 Å². The van der Waals surface area contributed by atoms with Crippen LogP contribution in [0, 0.1) is 0 Å². The van der Waals surface area contributed by atoms with Gasteiger partial charge in [0, 0.05) is 0 Å². The van der Waals surface area contributed by atoms with Crippen molar-refractivity contribution in [3.05, 3.63) is 130 Å². The zero-order valence-corrected chi connectivity index (χ0v) is 16.6. The highest BCUT2D eigenvalue weighted by Gasteiger charge is 2.38. The SMILES string of the molecule is COc1c(C(O)(c2ccccc2)c2ccccc2)cnn(Cc2ccccc2)c1=O. The van der Waals surface area contributed by atoms with E-state index in [-0.39, 0.29) is 5.75 Å². The van der Waals surface area contributed by atoms with Crippen LogP contribution in [0.2, 0.25) is 0 Å². The molecule has 0 spiro atoms. The van der Waals surface area contributed by atoms with Crippen LogP contribution in [0.15, 0.2) is 102 Å². The lowest BCUT2D eigenvalue weighted by Gasteiger charge is -2.30. The van der Waals surface area contributed by atoms with E-state index in [1.807, 2.05) is 91.0 Å². The topological polar surface area (TPSA) is 64.3 Å². The molecular weight excluding hydrogens is 376 g/mol. The van der Waals surface area contributed by atoms with Crippen LogP contribution in [0.25, 0.3) is 0 Å². The lowest BCUT2D eigenvalue weighted by molar-refractivity contribution is 0.120. The van der Waals surface area contributed by atoms with Gasteiger partial charge in [-0.05, 0) is 16.7 Å². The Morgan fingerprint density at radius 2 is 1.37 bits per heavy atom. The Morgan fingerprint density at radius 1 is 0.867 bits per heavy atom. The van der Waals surface area contributed by atoms with Crippen molar-refractivity contribution in [2.24, 2.45) is 0 Å². The molecule has 30 heavy (non-hydrogen) atoms. The van der Waals surface area contributed by atoms with E-state index in [0.29, 0.717) is 23.2 Å². The van der Waals surface area contributed by atoms with Crippen LogP contribution in [-0.2, 0) is 12.1 Å². The van der Waals surface area contributed by atoms with Gasteiger partial charge in [-0.3, -0.25) is 4.79 Å². The molecule has 1 aromatic heterocycles. The molecule has 0 amide bonds. The summed E-state index contributed by atoms with van der Waals surface area (Å²) < 4.78 is 6.85. The van der Waals surface area contributed by atoms with Crippen LogP contribution in [0.4, 0.5) is 0 Å². The number of benzene rings is 3. The van der Waals surface area contributed by atoms with Crippen molar-refractivity contribution < 1.29 is 9.84 Å². The molecule has 3 aromatic carbocycles. The monoisotopic (exact) mass is 398 g/mol. The normalized spacial score (nSPS) is 11.3. The van der Waals surface area contributed by atoms with Gasteiger partial charge >= 0.3 is 5.56 Å². The summed E-state index contributed by atoms with van der Waals surface area (Å²) in [5, 5.41) is 16.3. The molecule has 4 rings (SSSR count). The van der Waals surface area contributed by atoms with Gasteiger partial charge in [-0.15, -0.1) is 0 Å². The van der Waals surface area contributed by atoms with Gasteiger partial charge in [-0.25, -0.2) is 4.68 Å². The fraction of sp³-hybridized carbons (Fsp3) is 0.120. The molecule has 0 radical (unpaired) electrons. The van der Waals surface area contributed by atoms with Crippen LogP contribution in [0.3, 0.4) is 0 Å². The van der Waals surface area contributed by atoms with Crippen molar-refractivity contribution in [2.75, 3.05) is 7.11 Å². The Hall–Kier alpha value is -3.70. The van der Waals surface area contributed by atoms with E-state index >= 15 is 0 Å². The van der Waals surface area contributed by atoms with Crippen molar-refractivity contribution in [3.63, 3.8) is 0 Å². The zero-order chi connectivity index (χ0) is 21.0. The van der Waals surface area contributed by atoms with Gasteiger partial charge in [0.25, 0.3) is 0 Å². The summed E-state index contributed by atoms with van der Waals surface area (Å²) in [5.41, 5.74) is 0.503. The molecule has 0 fully saturated rings. The van der Waals surface area contributed by atoms with E-state index in [1.54, 1.807) is 0 Å². The highest BCUT2D eigenvalue weighted by Crippen LogP contribution is 2.39. The summed E-state index contributed by atoms with van der Waals surface area (Å²) >= 11 is 0. The molecule has 5 nitrogen and oxygen atoms in total. The van der Waals surface area contributed by atoms with Gasteiger partial charge in [-0.1, -0.05) is 91.0 Å².